The molecule has 2 aromatic rings. The third-order valence-electron chi connectivity index (χ3n) is 3.97. The summed E-state index contributed by atoms with van der Waals surface area (Å²) < 4.78 is 5.78. The van der Waals surface area contributed by atoms with E-state index in [1.165, 1.54) is 0 Å². The van der Waals surface area contributed by atoms with E-state index >= 15 is 0 Å². The molecule has 1 aliphatic heterocycles. The first-order valence-electron chi connectivity index (χ1n) is 8.16. The number of hydrogen-bond acceptors (Lipinski definition) is 4. The van der Waals surface area contributed by atoms with Crippen LogP contribution in [0.2, 0.25) is 0 Å². The van der Waals surface area contributed by atoms with E-state index in [0.717, 1.165) is 16.6 Å². The number of halogens is 1. The Morgan fingerprint density at radius 3 is 2.50 bits per heavy atom. The van der Waals surface area contributed by atoms with Crippen molar-refractivity contribution in [2.75, 3.05) is 23.4 Å². The minimum Gasteiger partial charge on any atom is -0.452 e. The first-order chi connectivity index (χ1) is 12.5. The summed E-state index contributed by atoms with van der Waals surface area (Å²) in [5, 5.41) is 2.66. The van der Waals surface area contributed by atoms with Gasteiger partial charge in [-0.1, -0.05) is 12.1 Å². The van der Waals surface area contributed by atoms with Gasteiger partial charge in [-0.25, -0.2) is 4.79 Å². The molecule has 0 aromatic heterocycles. The Labute approximate surface area is 159 Å². The van der Waals surface area contributed by atoms with Crippen molar-refractivity contribution in [3.05, 3.63) is 58.6 Å². The van der Waals surface area contributed by atoms with Crippen LogP contribution in [-0.2, 0) is 14.3 Å². The number of nitrogens with zero attached hydrogens (tertiary/aromatic N) is 1. The summed E-state index contributed by atoms with van der Waals surface area (Å²) in [6, 6.07) is 13.8. The molecule has 0 bridgehead atoms. The highest BCUT2D eigenvalue weighted by Gasteiger charge is 2.21. The fraction of sp³-hybridized carbons (Fsp3) is 0.211. The predicted octanol–water partition coefficient (Wildman–Crippen LogP) is 3.37. The van der Waals surface area contributed by atoms with Crippen LogP contribution in [0.25, 0.3) is 0 Å². The fourth-order valence-electron chi connectivity index (χ4n) is 2.66. The van der Waals surface area contributed by atoms with E-state index in [1.807, 2.05) is 6.07 Å². The van der Waals surface area contributed by atoms with Crippen molar-refractivity contribution >= 4 is 45.1 Å². The normalized spacial score (nSPS) is 13.6. The Balaban J connectivity index is 1.54. The lowest BCUT2D eigenvalue weighted by molar-refractivity contribution is -0.119. The van der Waals surface area contributed by atoms with Crippen molar-refractivity contribution in [3.8, 4) is 0 Å². The molecule has 1 N–H and O–H groups in total. The number of esters is 1. The molecule has 6 nitrogen and oxygen atoms in total. The van der Waals surface area contributed by atoms with Crippen molar-refractivity contribution in [3.63, 3.8) is 0 Å². The quantitative estimate of drug-likeness (QED) is 0.757. The van der Waals surface area contributed by atoms with Crippen LogP contribution in [0.3, 0.4) is 0 Å². The first-order valence-corrected chi connectivity index (χ1v) is 8.96. The highest BCUT2D eigenvalue weighted by atomic mass is 79.9. The largest absolute Gasteiger partial charge is 0.452 e. The molecular formula is C19H17BrN2O4. The summed E-state index contributed by atoms with van der Waals surface area (Å²) in [5.74, 6) is -0.930. The zero-order valence-corrected chi connectivity index (χ0v) is 15.5. The molecule has 134 valence electrons. The average Bonchev–Trinajstić information content (AvgIpc) is 3.08. The second-order valence-electron chi connectivity index (χ2n) is 5.80. The second-order valence-corrected chi connectivity index (χ2v) is 6.65. The predicted molar refractivity (Wildman–Crippen MR) is 101 cm³/mol. The summed E-state index contributed by atoms with van der Waals surface area (Å²) in [7, 11) is 0. The van der Waals surface area contributed by atoms with E-state index in [-0.39, 0.29) is 12.5 Å². The molecule has 0 unspecified atom stereocenters. The minimum atomic E-state index is -0.591. The van der Waals surface area contributed by atoms with Gasteiger partial charge in [0.15, 0.2) is 6.61 Å². The highest BCUT2D eigenvalue weighted by Crippen LogP contribution is 2.22. The molecule has 2 aromatic carbocycles. The zero-order chi connectivity index (χ0) is 18.5. The Hall–Kier alpha value is -2.67. The monoisotopic (exact) mass is 416 g/mol. The van der Waals surface area contributed by atoms with Gasteiger partial charge >= 0.3 is 5.97 Å². The molecule has 0 radical (unpaired) electrons. The van der Waals surface area contributed by atoms with E-state index < -0.39 is 11.9 Å². The van der Waals surface area contributed by atoms with Crippen LogP contribution in [0, 0.1) is 0 Å². The Morgan fingerprint density at radius 2 is 1.85 bits per heavy atom. The number of ether oxygens (including phenoxy) is 1. The minimum absolute atomic E-state index is 0.0871. The number of para-hydroxylation sites is 1. The molecule has 0 saturated carbocycles. The topological polar surface area (TPSA) is 75.7 Å². The van der Waals surface area contributed by atoms with E-state index in [1.54, 1.807) is 47.4 Å². The Bertz CT molecular complexity index is 836. The van der Waals surface area contributed by atoms with Crippen molar-refractivity contribution in [2.45, 2.75) is 12.8 Å². The van der Waals surface area contributed by atoms with Crippen LogP contribution in [-0.4, -0.2) is 30.9 Å². The number of benzene rings is 2. The molecule has 1 heterocycles. The van der Waals surface area contributed by atoms with E-state index in [2.05, 4.69) is 21.2 Å². The van der Waals surface area contributed by atoms with Crippen LogP contribution in [0.1, 0.15) is 23.2 Å². The molecule has 26 heavy (non-hydrogen) atoms. The third kappa shape index (κ3) is 4.29. The summed E-state index contributed by atoms with van der Waals surface area (Å²) in [6.07, 6.45) is 1.39. The Kier molecular flexibility index (Phi) is 5.68. The van der Waals surface area contributed by atoms with Crippen molar-refractivity contribution in [2.24, 2.45) is 0 Å². The van der Waals surface area contributed by atoms with Gasteiger partial charge in [0.2, 0.25) is 5.91 Å². The maximum absolute atomic E-state index is 12.1. The third-order valence-corrected chi connectivity index (χ3v) is 4.66. The van der Waals surface area contributed by atoms with Crippen LogP contribution >= 0.6 is 15.9 Å². The van der Waals surface area contributed by atoms with Gasteiger partial charge in [-0.05, 0) is 58.7 Å². The number of amides is 2. The number of hydrogen-bond donors (Lipinski definition) is 1. The van der Waals surface area contributed by atoms with Gasteiger partial charge < -0.3 is 15.0 Å². The number of carbonyl (C=O) groups is 3. The van der Waals surface area contributed by atoms with Gasteiger partial charge in [-0.2, -0.15) is 0 Å². The maximum atomic E-state index is 12.1. The molecule has 0 spiro atoms. The highest BCUT2D eigenvalue weighted by molar-refractivity contribution is 9.10. The van der Waals surface area contributed by atoms with Crippen LogP contribution in [0.4, 0.5) is 11.4 Å². The van der Waals surface area contributed by atoms with E-state index in [9.17, 15) is 14.4 Å². The van der Waals surface area contributed by atoms with Gasteiger partial charge in [0.1, 0.15) is 0 Å². The molecule has 1 saturated heterocycles. The summed E-state index contributed by atoms with van der Waals surface area (Å²) in [6.45, 7) is 0.310. The second kappa shape index (κ2) is 8.14. The van der Waals surface area contributed by atoms with E-state index in [4.69, 9.17) is 4.74 Å². The van der Waals surface area contributed by atoms with Gasteiger partial charge in [-0.15, -0.1) is 0 Å². The molecule has 3 rings (SSSR count). The van der Waals surface area contributed by atoms with Crippen LogP contribution < -0.4 is 10.2 Å². The van der Waals surface area contributed by atoms with Gasteiger partial charge in [0.05, 0.1) is 11.3 Å². The fourth-order valence-corrected chi connectivity index (χ4v) is 3.05. The molecular weight excluding hydrogens is 400 g/mol. The number of rotatable bonds is 5. The van der Waals surface area contributed by atoms with Crippen LogP contribution in [0.15, 0.2) is 53.0 Å². The number of carbonyl (C=O) groups excluding carboxylic acids is 3. The Morgan fingerprint density at radius 1 is 1.12 bits per heavy atom. The van der Waals surface area contributed by atoms with Crippen LogP contribution in [0.5, 0.6) is 0 Å². The number of anilines is 2. The summed E-state index contributed by atoms with van der Waals surface area (Å²) in [4.78, 5) is 37.4. The van der Waals surface area contributed by atoms with Crippen molar-refractivity contribution in [1.29, 1.82) is 0 Å². The van der Waals surface area contributed by atoms with E-state index in [0.29, 0.717) is 24.2 Å². The number of nitrogens with one attached hydrogen (secondary N) is 1. The average molecular weight is 417 g/mol. The van der Waals surface area contributed by atoms with Gasteiger partial charge in [0, 0.05) is 23.1 Å². The lowest BCUT2D eigenvalue weighted by atomic mass is 10.2. The van der Waals surface area contributed by atoms with Gasteiger partial charge in [-0.3, -0.25) is 9.59 Å². The standard InChI is InChI=1S/C19H17BrN2O4/c20-15-4-1-2-5-16(15)21-17(23)12-26-19(25)13-7-9-14(10-8-13)22-11-3-6-18(22)24/h1-2,4-5,7-10H,3,6,11-12H2,(H,21,23). The first kappa shape index (κ1) is 18.1. The molecule has 7 heteroatoms. The molecule has 2 amide bonds. The molecule has 1 fully saturated rings. The summed E-state index contributed by atoms with van der Waals surface area (Å²) >= 11 is 3.33. The smallest absolute Gasteiger partial charge is 0.338 e. The zero-order valence-electron chi connectivity index (χ0n) is 13.9. The molecule has 1 aliphatic rings. The molecule has 0 aliphatic carbocycles. The lowest BCUT2D eigenvalue weighted by Gasteiger charge is -2.15. The summed E-state index contributed by atoms with van der Waals surface area (Å²) in [5.41, 5.74) is 1.69. The maximum Gasteiger partial charge on any atom is 0.338 e. The van der Waals surface area contributed by atoms with Gasteiger partial charge in [0.25, 0.3) is 5.91 Å². The van der Waals surface area contributed by atoms with Crippen molar-refractivity contribution < 1.29 is 19.1 Å². The SMILES string of the molecule is O=C(COC(=O)c1ccc(N2CCCC2=O)cc1)Nc1ccccc1Br. The lowest BCUT2D eigenvalue weighted by Crippen LogP contribution is -2.23. The molecule has 0 atom stereocenters. The van der Waals surface area contributed by atoms with Crippen molar-refractivity contribution in [1.82, 2.24) is 0 Å².